The molecule has 0 spiro atoms. The highest BCUT2D eigenvalue weighted by molar-refractivity contribution is 7.15. The van der Waals surface area contributed by atoms with E-state index < -0.39 is 0 Å². The molecular formula is C15H15N5O3S. The summed E-state index contributed by atoms with van der Waals surface area (Å²) in [5.41, 5.74) is -0.690. The van der Waals surface area contributed by atoms with E-state index in [2.05, 4.69) is 20.6 Å². The molecule has 0 fully saturated rings. The quantitative estimate of drug-likeness (QED) is 0.720. The highest BCUT2D eigenvalue weighted by atomic mass is 32.1. The Bertz CT molecular complexity index is 1000. The van der Waals surface area contributed by atoms with Crippen LogP contribution in [0, 0.1) is 0 Å². The van der Waals surface area contributed by atoms with Crippen molar-refractivity contribution in [1.29, 1.82) is 0 Å². The second-order valence-electron chi connectivity index (χ2n) is 5.10. The number of benzene rings is 1. The molecule has 3 aromatic rings. The topological polar surface area (TPSA) is 110 Å². The molecule has 124 valence electrons. The van der Waals surface area contributed by atoms with E-state index in [-0.39, 0.29) is 30.0 Å². The Morgan fingerprint density at radius 1 is 1.25 bits per heavy atom. The molecule has 0 aliphatic carbocycles. The van der Waals surface area contributed by atoms with Crippen LogP contribution in [0.4, 0.5) is 5.13 Å². The molecule has 2 heterocycles. The van der Waals surface area contributed by atoms with Crippen molar-refractivity contribution >= 4 is 33.1 Å². The smallest absolute Gasteiger partial charge is 0.273 e. The van der Waals surface area contributed by atoms with E-state index in [0.29, 0.717) is 15.9 Å². The molecule has 9 heteroatoms. The molecule has 0 bridgehead atoms. The summed E-state index contributed by atoms with van der Waals surface area (Å²) in [6.07, 6.45) is 0.788. The summed E-state index contributed by atoms with van der Waals surface area (Å²) in [4.78, 5) is 36.3. The number of fused-ring (bicyclic) bond motifs is 1. The monoisotopic (exact) mass is 345 g/mol. The minimum atomic E-state index is -0.359. The van der Waals surface area contributed by atoms with Gasteiger partial charge in [-0.05, 0) is 18.6 Å². The van der Waals surface area contributed by atoms with Gasteiger partial charge < -0.3 is 5.32 Å². The highest BCUT2D eigenvalue weighted by Gasteiger charge is 2.10. The molecule has 1 aromatic carbocycles. The number of H-pyrrole nitrogens is 1. The van der Waals surface area contributed by atoms with E-state index in [1.165, 1.54) is 11.3 Å². The predicted molar refractivity (Wildman–Crippen MR) is 91.4 cm³/mol. The average Bonchev–Trinajstić information content (AvgIpc) is 3.04. The van der Waals surface area contributed by atoms with Crippen molar-refractivity contribution in [2.75, 3.05) is 5.32 Å². The lowest BCUT2D eigenvalue weighted by atomic mass is 10.2. The first-order chi connectivity index (χ1) is 11.6. The standard InChI is InChI=1S/C15H15N5O3S/c1-2-12-17-18-15(24-12)16-11(21)7-8-20-14(23)10-6-4-3-5-9(10)13(22)19-20/h3-6H,2,7-8H2,1H3,(H,19,22)(H,16,18,21). The Morgan fingerprint density at radius 3 is 2.71 bits per heavy atom. The Kier molecular flexibility index (Phi) is 4.52. The number of hydrogen-bond acceptors (Lipinski definition) is 6. The first-order valence-electron chi connectivity index (χ1n) is 7.42. The van der Waals surface area contributed by atoms with Crippen molar-refractivity contribution in [2.45, 2.75) is 26.3 Å². The normalized spacial score (nSPS) is 10.9. The first kappa shape index (κ1) is 16.1. The molecule has 0 unspecified atom stereocenters. The van der Waals surface area contributed by atoms with Crippen LogP contribution in [-0.2, 0) is 17.8 Å². The van der Waals surface area contributed by atoms with Gasteiger partial charge in [-0.1, -0.05) is 30.4 Å². The summed E-state index contributed by atoms with van der Waals surface area (Å²) in [5.74, 6) is -0.297. The molecule has 1 amide bonds. The van der Waals surface area contributed by atoms with Gasteiger partial charge in [0.05, 0.1) is 17.3 Å². The SMILES string of the molecule is CCc1nnc(NC(=O)CCn2[nH]c(=O)c3ccccc3c2=O)s1. The summed E-state index contributed by atoms with van der Waals surface area (Å²) in [6.45, 7) is 2.03. The molecule has 8 nitrogen and oxygen atoms in total. The maximum atomic E-state index is 12.3. The fraction of sp³-hybridized carbons (Fsp3) is 0.267. The molecular weight excluding hydrogens is 330 g/mol. The number of carbonyl (C=O) groups is 1. The van der Waals surface area contributed by atoms with Crippen LogP contribution >= 0.6 is 11.3 Å². The molecule has 0 atom stereocenters. The van der Waals surface area contributed by atoms with Crippen LogP contribution < -0.4 is 16.4 Å². The van der Waals surface area contributed by atoms with Gasteiger partial charge in [-0.2, -0.15) is 0 Å². The summed E-state index contributed by atoms with van der Waals surface area (Å²) >= 11 is 1.31. The van der Waals surface area contributed by atoms with E-state index in [9.17, 15) is 14.4 Å². The molecule has 0 radical (unpaired) electrons. The Balaban J connectivity index is 1.73. The van der Waals surface area contributed by atoms with Gasteiger partial charge in [0.1, 0.15) is 5.01 Å². The van der Waals surface area contributed by atoms with Gasteiger partial charge in [0.2, 0.25) is 11.0 Å². The van der Waals surface area contributed by atoms with Crippen LogP contribution in [0.5, 0.6) is 0 Å². The molecule has 0 saturated heterocycles. The van der Waals surface area contributed by atoms with Crippen molar-refractivity contribution in [1.82, 2.24) is 20.0 Å². The van der Waals surface area contributed by atoms with Crippen LogP contribution in [0.2, 0.25) is 0 Å². The van der Waals surface area contributed by atoms with Crippen molar-refractivity contribution in [2.24, 2.45) is 0 Å². The molecule has 3 rings (SSSR count). The maximum Gasteiger partial charge on any atom is 0.273 e. The zero-order valence-corrected chi connectivity index (χ0v) is 13.7. The number of nitrogens with one attached hydrogen (secondary N) is 2. The van der Waals surface area contributed by atoms with Crippen molar-refractivity contribution < 1.29 is 4.79 Å². The molecule has 2 N–H and O–H groups in total. The second kappa shape index (κ2) is 6.75. The maximum absolute atomic E-state index is 12.3. The third-order valence-electron chi connectivity index (χ3n) is 3.46. The lowest BCUT2D eigenvalue weighted by Gasteiger charge is -2.06. The van der Waals surface area contributed by atoms with Crippen LogP contribution in [-0.4, -0.2) is 25.9 Å². The molecule has 0 aliphatic rings. The number of nitrogens with zero attached hydrogens (tertiary/aromatic N) is 3. The number of hydrogen-bond donors (Lipinski definition) is 2. The summed E-state index contributed by atoms with van der Waals surface area (Å²) in [7, 11) is 0. The van der Waals surface area contributed by atoms with Gasteiger partial charge in [-0.15, -0.1) is 10.2 Å². The van der Waals surface area contributed by atoms with E-state index in [1.54, 1.807) is 24.3 Å². The third kappa shape index (κ3) is 3.25. The summed E-state index contributed by atoms with van der Waals surface area (Å²) in [5, 5.41) is 14.8. The van der Waals surface area contributed by atoms with Crippen molar-refractivity contribution in [3.63, 3.8) is 0 Å². The zero-order valence-electron chi connectivity index (χ0n) is 12.9. The van der Waals surface area contributed by atoms with Crippen LogP contribution in [0.1, 0.15) is 18.4 Å². The average molecular weight is 345 g/mol. The van der Waals surface area contributed by atoms with Crippen LogP contribution in [0.25, 0.3) is 10.8 Å². The van der Waals surface area contributed by atoms with Gasteiger partial charge >= 0.3 is 0 Å². The number of rotatable bonds is 5. The third-order valence-corrected chi connectivity index (χ3v) is 4.44. The van der Waals surface area contributed by atoms with E-state index in [4.69, 9.17) is 0 Å². The summed E-state index contributed by atoms with van der Waals surface area (Å²) in [6, 6.07) is 6.58. The molecule has 2 aromatic heterocycles. The van der Waals surface area contributed by atoms with Crippen LogP contribution in [0.15, 0.2) is 33.9 Å². The number of amides is 1. The minimum absolute atomic E-state index is 0.0369. The Hall–Kier alpha value is -2.81. The zero-order chi connectivity index (χ0) is 17.1. The second-order valence-corrected chi connectivity index (χ2v) is 6.16. The Morgan fingerprint density at radius 2 is 2.00 bits per heavy atom. The number of aryl methyl sites for hydroxylation is 2. The van der Waals surface area contributed by atoms with Gasteiger partial charge in [-0.3, -0.25) is 19.5 Å². The minimum Gasteiger partial charge on any atom is -0.300 e. The van der Waals surface area contributed by atoms with Gasteiger partial charge in [-0.25, -0.2) is 4.68 Å². The van der Waals surface area contributed by atoms with Crippen molar-refractivity contribution in [3.8, 4) is 0 Å². The van der Waals surface area contributed by atoms with E-state index in [1.807, 2.05) is 6.92 Å². The fourth-order valence-electron chi connectivity index (χ4n) is 2.25. The van der Waals surface area contributed by atoms with Gasteiger partial charge in [0.25, 0.3) is 11.1 Å². The fourth-order valence-corrected chi connectivity index (χ4v) is 2.94. The lowest BCUT2D eigenvalue weighted by Crippen LogP contribution is -2.31. The largest absolute Gasteiger partial charge is 0.300 e. The number of carbonyl (C=O) groups excluding carboxylic acids is 1. The van der Waals surface area contributed by atoms with Crippen LogP contribution in [0.3, 0.4) is 0 Å². The van der Waals surface area contributed by atoms with Gasteiger partial charge in [0.15, 0.2) is 0 Å². The van der Waals surface area contributed by atoms with E-state index >= 15 is 0 Å². The Labute approximate surface area is 140 Å². The summed E-state index contributed by atoms with van der Waals surface area (Å²) < 4.78 is 1.15. The number of anilines is 1. The molecule has 24 heavy (non-hydrogen) atoms. The van der Waals surface area contributed by atoms with Crippen molar-refractivity contribution in [3.05, 3.63) is 50.0 Å². The number of aromatic nitrogens is 4. The lowest BCUT2D eigenvalue weighted by molar-refractivity contribution is -0.116. The molecule has 0 saturated carbocycles. The number of aromatic amines is 1. The first-order valence-corrected chi connectivity index (χ1v) is 8.24. The van der Waals surface area contributed by atoms with E-state index in [0.717, 1.165) is 16.1 Å². The van der Waals surface area contributed by atoms with Gasteiger partial charge in [0, 0.05) is 6.42 Å². The molecule has 0 aliphatic heterocycles. The highest BCUT2D eigenvalue weighted by Crippen LogP contribution is 2.15. The predicted octanol–water partition coefficient (Wildman–Crippen LogP) is 1.13.